The fraction of sp³-hybridized carbons (Fsp3) is 0.0769. The van der Waals surface area contributed by atoms with E-state index < -0.39 is 20.0 Å². The molecule has 0 spiro atoms. The smallest absolute Gasteiger partial charge is 0.261 e. The summed E-state index contributed by atoms with van der Waals surface area (Å²) in [6.45, 7) is 0. The summed E-state index contributed by atoms with van der Waals surface area (Å²) in [7, 11) is -7.26. The van der Waals surface area contributed by atoms with Gasteiger partial charge in [-0.15, -0.1) is 0 Å². The van der Waals surface area contributed by atoms with Crippen LogP contribution >= 0.6 is 23.2 Å². The Labute approximate surface area is 144 Å². The van der Waals surface area contributed by atoms with Crippen LogP contribution in [0.2, 0.25) is 10.0 Å². The minimum absolute atomic E-state index is 0.0756. The van der Waals surface area contributed by atoms with Crippen molar-refractivity contribution in [3.63, 3.8) is 0 Å². The van der Waals surface area contributed by atoms with Crippen LogP contribution in [0.25, 0.3) is 0 Å². The van der Waals surface area contributed by atoms with Crippen molar-refractivity contribution in [2.24, 2.45) is 0 Å². The fourth-order valence-corrected chi connectivity index (χ4v) is 4.07. The van der Waals surface area contributed by atoms with Gasteiger partial charge in [0.1, 0.15) is 0 Å². The van der Waals surface area contributed by atoms with Gasteiger partial charge in [-0.3, -0.25) is 9.44 Å². The fourth-order valence-electron chi connectivity index (χ4n) is 1.72. The third-order valence-corrected chi connectivity index (χ3v) is 4.99. The van der Waals surface area contributed by atoms with Gasteiger partial charge in [0, 0.05) is 21.4 Å². The van der Waals surface area contributed by atoms with Crippen molar-refractivity contribution in [1.29, 1.82) is 0 Å². The zero-order valence-electron chi connectivity index (χ0n) is 11.7. The van der Waals surface area contributed by atoms with Crippen LogP contribution in [0.5, 0.6) is 0 Å². The van der Waals surface area contributed by atoms with E-state index in [0.717, 1.165) is 6.26 Å². The average molecular weight is 395 g/mol. The molecule has 2 aromatic carbocycles. The lowest BCUT2D eigenvalue weighted by Gasteiger charge is -2.10. The molecule has 10 heteroatoms. The lowest BCUT2D eigenvalue weighted by atomic mass is 10.3. The van der Waals surface area contributed by atoms with Gasteiger partial charge in [0.2, 0.25) is 10.0 Å². The van der Waals surface area contributed by atoms with E-state index in [4.69, 9.17) is 23.2 Å². The quantitative estimate of drug-likeness (QED) is 0.814. The van der Waals surface area contributed by atoms with Crippen molar-refractivity contribution in [2.75, 3.05) is 15.7 Å². The molecule has 6 nitrogen and oxygen atoms in total. The van der Waals surface area contributed by atoms with E-state index in [1.54, 1.807) is 0 Å². The second-order valence-electron chi connectivity index (χ2n) is 4.66. The molecule has 23 heavy (non-hydrogen) atoms. The molecule has 0 fully saturated rings. The number of sulfonamides is 2. The first-order chi connectivity index (χ1) is 10.5. The van der Waals surface area contributed by atoms with E-state index in [-0.39, 0.29) is 20.6 Å². The molecule has 0 aliphatic carbocycles. The van der Waals surface area contributed by atoms with Gasteiger partial charge in [-0.25, -0.2) is 16.8 Å². The third-order valence-electron chi connectivity index (χ3n) is 2.59. The molecule has 0 radical (unpaired) electrons. The van der Waals surface area contributed by atoms with Gasteiger partial charge in [0.05, 0.1) is 11.2 Å². The third kappa shape index (κ3) is 5.28. The minimum Gasteiger partial charge on any atom is -0.284 e. The molecular weight excluding hydrogens is 383 g/mol. The molecule has 2 rings (SSSR count). The highest BCUT2D eigenvalue weighted by molar-refractivity contribution is 7.92. The SMILES string of the molecule is CS(=O)(=O)Nc1ccc(NS(=O)(=O)c2cc(Cl)cc(Cl)c2)cc1. The Kier molecular flexibility index (Phi) is 5.10. The van der Waals surface area contributed by atoms with E-state index in [2.05, 4.69) is 9.44 Å². The standard InChI is InChI=1S/C13H12Cl2N2O4S2/c1-22(18,19)16-11-2-4-12(5-3-11)17-23(20,21)13-7-9(14)6-10(15)8-13/h2-8,16-17H,1H3. The summed E-state index contributed by atoms with van der Waals surface area (Å²) in [5, 5.41) is 0.399. The topological polar surface area (TPSA) is 92.3 Å². The van der Waals surface area contributed by atoms with Crippen molar-refractivity contribution in [3.05, 3.63) is 52.5 Å². The average Bonchev–Trinajstić information content (AvgIpc) is 2.38. The molecule has 0 saturated carbocycles. The van der Waals surface area contributed by atoms with Crippen LogP contribution in [0.15, 0.2) is 47.4 Å². The molecule has 0 saturated heterocycles. The largest absolute Gasteiger partial charge is 0.284 e. The van der Waals surface area contributed by atoms with E-state index in [1.165, 1.54) is 42.5 Å². The van der Waals surface area contributed by atoms with E-state index in [1.807, 2.05) is 0 Å². The lowest BCUT2D eigenvalue weighted by molar-refractivity contribution is 0.600. The van der Waals surface area contributed by atoms with Crippen molar-refractivity contribution in [2.45, 2.75) is 4.90 Å². The number of anilines is 2. The van der Waals surface area contributed by atoms with Crippen molar-refractivity contribution in [3.8, 4) is 0 Å². The maximum atomic E-state index is 12.3. The summed E-state index contributed by atoms with van der Waals surface area (Å²) >= 11 is 11.6. The van der Waals surface area contributed by atoms with Gasteiger partial charge in [-0.1, -0.05) is 23.2 Å². The number of halogens is 2. The van der Waals surface area contributed by atoms with E-state index >= 15 is 0 Å². The Morgan fingerprint density at radius 1 is 0.783 bits per heavy atom. The Balaban J connectivity index is 2.24. The van der Waals surface area contributed by atoms with Gasteiger partial charge in [-0.05, 0) is 42.5 Å². The summed E-state index contributed by atoms with van der Waals surface area (Å²) < 4.78 is 51.4. The summed E-state index contributed by atoms with van der Waals surface area (Å²) in [6, 6.07) is 9.70. The van der Waals surface area contributed by atoms with Gasteiger partial charge < -0.3 is 0 Å². The van der Waals surface area contributed by atoms with Crippen LogP contribution in [-0.2, 0) is 20.0 Å². The number of hydrogen-bond donors (Lipinski definition) is 2. The van der Waals surface area contributed by atoms with E-state index in [0.29, 0.717) is 5.69 Å². The van der Waals surface area contributed by atoms with Crippen molar-refractivity contribution in [1.82, 2.24) is 0 Å². The van der Waals surface area contributed by atoms with Gasteiger partial charge in [0.15, 0.2) is 0 Å². The Bertz CT molecular complexity index is 907. The summed E-state index contributed by atoms with van der Waals surface area (Å²) in [5.74, 6) is 0. The summed E-state index contributed by atoms with van der Waals surface area (Å²) in [4.78, 5) is -0.0756. The minimum atomic E-state index is -3.86. The summed E-state index contributed by atoms with van der Waals surface area (Å²) in [6.07, 6.45) is 1.02. The molecule has 0 aromatic heterocycles. The molecule has 0 heterocycles. The Morgan fingerprint density at radius 3 is 1.65 bits per heavy atom. The van der Waals surface area contributed by atoms with Crippen molar-refractivity contribution < 1.29 is 16.8 Å². The number of rotatable bonds is 5. The molecule has 2 aromatic rings. The highest BCUT2D eigenvalue weighted by Crippen LogP contribution is 2.24. The first-order valence-corrected chi connectivity index (χ1v) is 10.2. The molecule has 0 bridgehead atoms. The van der Waals surface area contributed by atoms with Crippen LogP contribution in [0.3, 0.4) is 0 Å². The number of hydrogen-bond acceptors (Lipinski definition) is 4. The van der Waals surface area contributed by atoms with Crippen molar-refractivity contribution >= 4 is 54.6 Å². The highest BCUT2D eigenvalue weighted by atomic mass is 35.5. The van der Waals surface area contributed by atoms with Gasteiger partial charge >= 0.3 is 0 Å². The maximum absolute atomic E-state index is 12.3. The van der Waals surface area contributed by atoms with Gasteiger partial charge in [-0.2, -0.15) is 0 Å². The zero-order chi connectivity index (χ0) is 17.3. The van der Waals surface area contributed by atoms with Crippen LogP contribution in [-0.4, -0.2) is 23.1 Å². The Morgan fingerprint density at radius 2 is 1.22 bits per heavy atom. The Hall–Kier alpha value is -1.48. The molecule has 2 N–H and O–H groups in total. The van der Waals surface area contributed by atoms with E-state index in [9.17, 15) is 16.8 Å². The highest BCUT2D eigenvalue weighted by Gasteiger charge is 2.16. The normalized spacial score (nSPS) is 12.0. The van der Waals surface area contributed by atoms with Gasteiger partial charge in [0.25, 0.3) is 10.0 Å². The molecule has 0 unspecified atom stereocenters. The molecule has 0 aliphatic heterocycles. The number of nitrogens with one attached hydrogen (secondary N) is 2. The first kappa shape index (κ1) is 17.9. The van der Waals surface area contributed by atoms with Crippen LogP contribution in [0.4, 0.5) is 11.4 Å². The molecule has 0 aliphatic rings. The van der Waals surface area contributed by atoms with Crippen LogP contribution < -0.4 is 9.44 Å². The molecule has 124 valence electrons. The summed E-state index contributed by atoms with van der Waals surface area (Å²) in [5.41, 5.74) is 0.585. The van der Waals surface area contributed by atoms with Crippen LogP contribution in [0, 0.1) is 0 Å². The first-order valence-electron chi connectivity index (χ1n) is 6.12. The predicted molar refractivity (Wildman–Crippen MR) is 92.2 cm³/mol. The molecule has 0 atom stereocenters. The zero-order valence-corrected chi connectivity index (χ0v) is 14.9. The second kappa shape index (κ2) is 6.56. The molecule has 0 amide bonds. The monoisotopic (exact) mass is 394 g/mol. The number of benzene rings is 2. The van der Waals surface area contributed by atoms with Crippen LogP contribution in [0.1, 0.15) is 0 Å². The molecular formula is C13H12Cl2N2O4S2. The maximum Gasteiger partial charge on any atom is 0.261 e. The predicted octanol–water partition coefficient (Wildman–Crippen LogP) is 3.17. The second-order valence-corrected chi connectivity index (χ2v) is 8.97. The lowest BCUT2D eigenvalue weighted by Crippen LogP contribution is -2.13.